The summed E-state index contributed by atoms with van der Waals surface area (Å²) in [5, 5.41) is 21.5. The van der Waals surface area contributed by atoms with E-state index in [0.717, 1.165) is 0 Å². The third-order valence-electron chi connectivity index (χ3n) is 0. The van der Waals surface area contributed by atoms with Crippen molar-refractivity contribution < 1.29 is 83.4 Å². The van der Waals surface area contributed by atoms with Gasteiger partial charge in [0, 0.05) is 0 Å². The van der Waals surface area contributed by atoms with Crippen LogP contribution in [0.2, 0.25) is 0 Å². The molecule has 0 aliphatic rings. The average Bonchev–Trinajstić information content (AvgIpc) is 0.811. The van der Waals surface area contributed by atoms with Crippen LogP contribution in [0.1, 0.15) is 0 Å². The summed E-state index contributed by atoms with van der Waals surface area (Å²) in [7, 11) is -2.17. The van der Waals surface area contributed by atoms with Crippen LogP contribution in [-0.4, -0.2) is 22.4 Å². The Kier molecular flexibility index (Phi) is 26.5. The summed E-state index contributed by atoms with van der Waals surface area (Å²) in [6, 6.07) is 0. The molecule has 0 radical (unpaired) electrons. The van der Waals surface area contributed by atoms with Gasteiger partial charge in [0.05, 0.1) is 0 Å². The number of halogens is 1. The average molecular weight is 181 g/mol. The molecule has 3 nitrogen and oxygen atoms in total. The molecule has 0 aromatic carbocycles. The standard InChI is InChI=1S/BH3O3.BrH.K/c2-1(3)4;;/h2-4H;1H;/q;;+1/p-1. The second-order valence-corrected chi connectivity index (χ2v) is 0.346. The zero-order valence-corrected chi connectivity index (χ0v) is 8.01. The van der Waals surface area contributed by atoms with E-state index in [1.165, 1.54) is 0 Å². The van der Waals surface area contributed by atoms with Crippen molar-refractivity contribution in [2.45, 2.75) is 0 Å². The van der Waals surface area contributed by atoms with Crippen molar-refractivity contribution in [3.63, 3.8) is 0 Å². The maximum atomic E-state index is 7.17. The second-order valence-electron chi connectivity index (χ2n) is 0.346. The van der Waals surface area contributed by atoms with E-state index < -0.39 is 7.32 Å². The van der Waals surface area contributed by atoms with Crippen LogP contribution in [0.3, 0.4) is 0 Å². The fraction of sp³-hybridized carbons (Fsp3) is 0. The Morgan fingerprint density at radius 1 is 1.00 bits per heavy atom. The molecular formula is H3BBrKO3. The smallest absolute Gasteiger partial charge is 1.00 e. The first-order chi connectivity index (χ1) is 1.73. The van der Waals surface area contributed by atoms with Crippen molar-refractivity contribution in [1.82, 2.24) is 0 Å². The Balaban J connectivity index is -0.0000000450. The van der Waals surface area contributed by atoms with Crippen molar-refractivity contribution in [2.24, 2.45) is 0 Å². The van der Waals surface area contributed by atoms with Gasteiger partial charge in [-0.05, 0) is 0 Å². The van der Waals surface area contributed by atoms with Crippen LogP contribution in [0.25, 0.3) is 0 Å². The molecule has 0 aliphatic carbocycles. The minimum absolute atomic E-state index is 0. The van der Waals surface area contributed by atoms with E-state index in [2.05, 4.69) is 0 Å². The van der Waals surface area contributed by atoms with E-state index in [9.17, 15) is 0 Å². The first kappa shape index (κ1) is 15.7. The van der Waals surface area contributed by atoms with Gasteiger partial charge in [-0.25, -0.2) is 0 Å². The molecule has 0 aliphatic heterocycles. The zero-order chi connectivity index (χ0) is 3.58. The van der Waals surface area contributed by atoms with Crippen LogP contribution in [-0.2, 0) is 0 Å². The molecule has 0 bridgehead atoms. The van der Waals surface area contributed by atoms with Crippen molar-refractivity contribution in [3.05, 3.63) is 0 Å². The van der Waals surface area contributed by atoms with Gasteiger partial charge in [-0.15, -0.1) is 0 Å². The number of hydrogen-bond acceptors (Lipinski definition) is 3. The zero-order valence-electron chi connectivity index (χ0n) is 3.30. The molecular weight excluding hydrogens is 178 g/mol. The molecule has 0 aromatic heterocycles. The SMILES string of the molecule is OB(O)O.[Br-].[K+]. The molecule has 0 fully saturated rings. The summed E-state index contributed by atoms with van der Waals surface area (Å²) in [6.45, 7) is 0. The van der Waals surface area contributed by atoms with Crippen molar-refractivity contribution in [3.8, 4) is 0 Å². The van der Waals surface area contributed by atoms with E-state index in [-0.39, 0.29) is 68.4 Å². The van der Waals surface area contributed by atoms with Crippen LogP contribution < -0.4 is 68.4 Å². The predicted molar refractivity (Wildman–Crippen MR) is 12.4 cm³/mol. The molecule has 0 heterocycles. The van der Waals surface area contributed by atoms with Gasteiger partial charge in [0.2, 0.25) is 0 Å². The molecule has 0 rings (SSSR count). The van der Waals surface area contributed by atoms with Gasteiger partial charge in [0.15, 0.2) is 0 Å². The minimum atomic E-state index is -2.17. The molecule has 0 saturated carbocycles. The van der Waals surface area contributed by atoms with Crippen LogP contribution in [0, 0.1) is 0 Å². The first-order valence-electron chi connectivity index (χ1n) is 0.775. The van der Waals surface area contributed by atoms with Crippen molar-refractivity contribution in [2.75, 3.05) is 0 Å². The molecule has 0 unspecified atom stereocenters. The maximum absolute atomic E-state index is 7.17. The minimum Gasteiger partial charge on any atom is -1.00 e. The predicted octanol–water partition coefficient (Wildman–Crippen LogP) is -8.04. The molecule has 6 heavy (non-hydrogen) atoms. The van der Waals surface area contributed by atoms with Crippen LogP contribution in [0.4, 0.5) is 0 Å². The maximum Gasteiger partial charge on any atom is 1.00 e. The Bertz CT molecular complexity index is 15.5. The molecule has 32 valence electrons. The third-order valence-corrected chi connectivity index (χ3v) is 0. The number of hydrogen-bond donors (Lipinski definition) is 3. The summed E-state index contributed by atoms with van der Waals surface area (Å²) in [4.78, 5) is 0. The summed E-state index contributed by atoms with van der Waals surface area (Å²) in [5.41, 5.74) is 0. The van der Waals surface area contributed by atoms with E-state index in [4.69, 9.17) is 15.1 Å². The van der Waals surface area contributed by atoms with Gasteiger partial charge < -0.3 is 32.1 Å². The summed E-state index contributed by atoms with van der Waals surface area (Å²) in [6.07, 6.45) is 0. The Morgan fingerprint density at radius 3 is 1.00 bits per heavy atom. The van der Waals surface area contributed by atoms with Gasteiger partial charge in [0.1, 0.15) is 0 Å². The molecule has 0 spiro atoms. The molecule has 0 saturated heterocycles. The summed E-state index contributed by atoms with van der Waals surface area (Å²) < 4.78 is 0. The molecule has 0 atom stereocenters. The van der Waals surface area contributed by atoms with E-state index in [1.807, 2.05) is 0 Å². The van der Waals surface area contributed by atoms with Gasteiger partial charge >= 0.3 is 58.7 Å². The number of rotatable bonds is 0. The van der Waals surface area contributed by atoms with Gasteiger partial charge in [-0.3, -0.25) is 0 Å². The normalized spacial score (nSPS) is 4.50. The summed E-state index contributed by atoms with van der Waals surface area (Å²) >= 11 is 0. The van der Waals surface area contributed by atoms with Crippen LogP contribution >= 0.6 is 0 Å². The summed E-state index contributed by atoms with van der Waals surface area (Å²) in [5.74, 6) is 0. The Hall–Kier alpha value is 2.06. The van der Waals surface area contributed by atoms with Gasteiger partial charge in [-0.2, -0.15) is 0 Å². The largest absolute Gasteiger partial charge is 1.00 e. The first-order valence-corrected chi connectivity index (χ1v) is 0.775. The fourth-order valence-corrected chi connectivity index (χ4v) is 0. The van der Waals surface area contributed by atoms with Gasteiger partial charge in [0.25, 0.3) is 0 Å². The quantitative estimate of drug-likeness (QED) is 0.325. The van der Waals surface area contributed by atoms with E-state index in [1.54, 1.807) is 0 Å². The molecule has 0 aromatic rings. The van der Waals surface area contributed by atoms with Crippen molar-refractivity contribution in [1.29, 1.82) is 0 Å². The van der Waals surface area contributed by atoms with Crippen LogP contribution in [0.5, 0.6) is 0 Å². The van der Waals surface area contributed by atoms with E-state index >= 15 is 0 Å². The molecule has 3 N–H and O–H groups in total. The van der Waals surface area contributed by atoms with Gasteiger partial charge in [-0.1, -0.05) is 0 Å². The topological polar surface area (TPSA) is 60.7 Å². The van der Waals surface area contributed by atoms with Crippen molar-refractivity contribution >= 4 is 7.32 Å². The monoisotopic (exact) mass is 180 g/mol. The Labute approximate surface area is 89.1 Å². The second kappa shape index (κ2) is 10.1. The fourth-order valence-electron chi connectivity index (χ4n) is 0. The van der Waals surface area contributed by atoms with Crippen LogP contribution in [0.15, 0.2) is 0 Å². The molecule has 0 amide bonds. The third kappa shape index (κ3) is 36.5. The molecule has 6 heteroatoms. The van der Waals surface area contributed by atoms with E-state index in [0.29, 0.717) is 0 Å². The Morgan fingerprint density at radius 2 is 1.00 bits per heavy atom.